The Morgan fingerprint density at radius 3 is 2.78 bits per heavy atom. The second-order valence-electron chi connectivity index (χ2n) is 3.79. The summed E-state index contributed by atoms with van der Waals surface area (Å²) >= 11 is 0. The maximum absolute atomic E-state index is 10.4. The van der Waals surface area contributed by atoms with Gasteiger partial charge in [0, 0.05) is 11.8 Å². The van der Waals surface area contributed by atoms with Gasteiger partial charge in [-0.2, -0.15) is 0 Å². The molecule has 1 N–H and O–H groups in total. The van der Waals surface area contributed by atoms with E-state index >= 15 is 0 Å². The molecule has 0 spiro atoms. The van der Waals surface area contributed by atoms with Crippen LogP contribution in [-0.4, -0.2) is 14.9 Å². The molecule has 0 saturated carbocycles. The molecule has 2 rings (SSSR count). The summed E-state index contributed by atoms with van der Waals surface area (Å²) in [5, 5.41) is 13.5. The van der Waals surface area contributed by atoms with Crippen LogP contribution >= 0.6 is 0 Å². The number of anilines is 1. The fraction of sp³-hybridized carbons (Fsp3) is 0.167. The standard InChI is InChI=1S/C12H12N4O2/c1-9-3-2-4-11(15-9)8-13-10-5-6-12(14-7-10)16(17)18/h2-7,13H,8H2,1H3. The van der Waals surface area contributed by atoms with Gasteiger partial charge in [-0.25, -0.2) is 0 Å². The first kappa shape index (κ1) is 12.0. The van der Waals surface area contributed by atoms with Gasteiger partial charge in [0.25, 0.3) is 0 Å². The fourth-order valence-corrected chi connectivity index (χ4v) is 1.49. The lowest BCUT2D eigenvalue weighted by Crippen LogP contribution is -2.02. The van der Waals surface area contributed by atoms with Gasteiger partial charge in [0.05, 0.1) is 17.9 Å². The van der Waals surface area contributed by atoms with Gasteiger partial charge >= 0.3 is 5.82 Å². The molecular weight excluding hydrogens is 232 g/mol. The Morgan fingerprint density at radius 1 is 1.33 bits per heavy atom. The van der Waals surface area contributed by atoms with E-state index < -0.39 is 4.92 Å². The zero-order chi connectivity index (χ0) is 13.0. The highest BCUT2D eigenvalue weighted by atomic mass is 16.6. The molecule has 0 aliphatic rings. The number of nitrogens with one attached hydrogen (secondary N) is 1. The molecule has 0 saturated heterocycles. The SMILES string of the molecule is Cc1cccc(CNc2ccc([N+](=O)[O-])nc2)n1. The van der Waals surface area contributed by atoms with Crippen LogP contribution in [0.15, 0.2) is 36.5 Å². The van der Waals surface area contributed by atoms with Crippen molar-refractivity contribution < 1.29 is 4.92 Å². The maximum Gasteiger partial charge on any atom is 0.363 e. The Bertz CT molecular complexity index is 554. The number of aryl methyl sites for hydroxylation is 1. The molecule has 0 amide bonds. The summed E-state index contributed by atoms with van der Waals surface area (Å²) in [4.78, 5) is 18.0. The largest absolute Gasteiger partial charge is 0.376 e. The van der Waals surface area contributed by atoms with E-state index in [1.807, 2.05) is 25.1 Å². The van der Waals surface area contributed by atoms with Gasteiger partial charge < -0.3 is 15.4 Å². The highest BCUT2D eigenvalue weighted by molar-refractivity contribution is 5.43. The number of nitrogens with zero attached hydrogens (tertiary/aromatic N) is 3. The molecule has 0 aliphatic heterocycles. The summed E-state index contributed by atoms with van der Waals surface area (Å²) in [5.41, 5.74) is 2.59. The number of rotatable bonds is 4. The lowest BCUT2D eigenvalue weighted by molar-refractivity contribution is -0.389. The molecule has 0 aliphatic carbocycles. The molecule has 92 valence electrons. The first-order valence-electron chi connectivity index (χ1n) is 5.42. The summed E-state index contributed by atoms with van der Waals surface area (Å²) in [7, 11) is 0. The molecule has 0 aromatic carbocycles. The van der Waals surface area contributed by atoms with Crippen LogP contribution in [0.2, 0.25) is 0 Å². The van der Waals surface area contributed by atoms with Crippen LogP contribution in [0.3, 0.4) is 0 Å². The average Bonchev–Trinajstić information content (AvgIpc) is 2.37. The van der Waals surface area contributed by atoms with Crippen LogP contribution in [0, 0.1) is 17.0 Å². The molecule has 0 unspecified atom stereocenters. The lowest BCUT2D eigenvalue weighted by Gasteiger charge is -2.04. The molecule has 0 radical (unpaired) electrons. The number of hydrogen-bond acceptors (Lipinski definition) is 5. The van der Waals surface area contributed by atoms with Crippen molar-refractivity contribution in [2.24, 2.45) is 0 Å². The van der Waals surface area contributed by atoms with Crippen molar-refractivity contribution in [3.8, 4) is 0 Å². The van der Waals surface area contributed by atoms with Crippen LogP contribution < -0.4 is 5.32 Å². The number of aromatic nitrogens is 2. The van der Waals surface area contributed by atoms with E-state index in [0.717, 1.165) is 17.1 Å². The summed E-state index contributed by atoms with van der Waals surface area (Å²) in [6.07, 6.45) is 1.44. The molecule has 0 atom stereocenters. The predicted molar refractivity (Wildman–Crippen MR) is 67.2 cm³/mol. The molecule has 2 aromatic heterocycles. The first-order valence-corrected chi connectivity index (χ1v) is 5.42. The average molecular weight is 244 g/mol. The minimum absolute atomic E-state index is 0.158. The summed E-state index contributed by atoms with van der Waals surface area (Å²) in [6.45, 7) is 2.48. The monoisotopic (exact) mass is 244 g/mol. The molecule has 2 heterocycles. The minimum Gasteiger partial charge on any atom is -0.376 e. The Balaban J connectivity index is 2.00. The van der Waals surface area contributed by atoms with E-state index in [1.165, 1.54) is 12.3 Å². The Hall–Kier alpha value is -2.50. The minimum atomic E-state index is -0.522. The van der Waals surface area contributed by atoms with Crippen LogP contribution in [0.25, 0.3) is 0 Å². The quantitative estimate of drug-likeness (QED) is 0.659. The molecule has 6 nitrogen and oxygen atoms in total. The van der Waals surface area contributed by atoms with Gasteiger partial charge in [-0.1, -0.05) is 6.07 Å². The number of nitro groups is 1. The zero-order valence-electron chi connectivity index (χ0n) is 9.83. The predicted octanol–water partition coefficient (Wildman–Crippen LogP) is 2.31. The van der Waals surface area contributed by atoms with Crippen molar-refractivity contribution in [2.45, 2.75) is 13.5 Å². The van der Waals surface area contributed by atoms with E-state index in [0.29, 0.717) is 6.54 Å². The van der Waals surface area contributed by atoms with Crippen molar-refractivity contribution in [3.05, 3.63) is 58.0 Å². The van der Waals surface area contributed by atoms with Gasteiger partial charge in [0.2, 0.25) is 0 Å². The van der Waals surface area contributed by atoms with Crippen molar-refractivity contribution in [2.75, 3.05) is 5.32 Å². The van der Waals surface area contributed by atoms with Gasteiger partial charge in [-0.15, -0.1) is 0 Å². The second kappa shape index (κ2) is 5.22. The summed E-state index contributed by atoms with van der Waals surface area (Å²) in [6, 6.07) is 8.77. The zero-order valence-corrected chi connectivity index (χ0v) is 9.83. The lowest BCUT2D eigenvalue weighted by atomic mass is 10.3. The Labute approximate surface area is 104 Å². The van der Waals surface area contributed by atoms with E-state index in [1.54, 1.807) is 6.07 Å². The van der Waals surface area contributed by atoms with E-state index in [9.17, 15) is 10.1 Å². The van der Waals surface area contributed by atoms with Gasteiger partial charge in [0.1, 0.15) is 0 Å². The Kier molecular flexibility index (Phi) is 3.47. The highest BCUT2D eigenvalue weighted by Crippen LogP contribution is 2.12. The van der Waals surface area contributed by atoms with Gasteiger partial charge in [-0.05, 0) is 35.0 Å². The third kappa shape index (κ3) is 3.00. The second-order valence-corrected chi connectivity index (χ2v) is 3.79. The molecular formula is C12H12N4O2. The van der Waals surface area contributed by atoms with Crippen LogP contribution in [0.1, 0.15) is 11.4 Å². The third-order valence-electron chi connectivity index (χ3n) is 2.35. The molecule has 0 bridgehead atoms. The highest BCUT2D eigenvalue weighted by Gasteiger charge is 2.05. The summed E-state index contributed by atoms with van der Waals surface area (Å²) in [5.74, 6) is -0.158. The molecule has 0 fully saturated rings. The molecule has 2 aromatic rings. The third-order valence-corrected chi connectivity index (χ3v) is 2.35. The first-order chi connectivity index (χ1) is 8.65. The van der Waals surface area contributed by atoms with E-state index in [2.05, 4.69) is 15.3 Å². The van der Waals surface area contributed by atoms with E-state index in [-0.39, 0.29) is 5.82 Å². The topological polar surface area (TPSA) is 81.0 Å². The summed E-state index contributed by atoms with van der Waals surface area (Å²) < 4.78 is 0. The van der Waals surface area contributed by atoms with Crippen LogP contribution in [0.4, 0.5) is 11.5 Å². The van der Waals surface area contributed by atoms with Crippen molar-refractivity contribution in [3.63, 3.8) is 0 Å². The fourth-order valence-electron chi connectivity index (χ4n) is 1.49. The normalized spacial score (nSPS) is 10.1. The maximum atomic E-state index is 10.4. The van der Waals surface area contributed by atoms with Crippen molar-refractivity contribution in [1.29, 1.82) is 0 Å². The van der Waals surface area contributed by atoms with Crippen molar-refractivity contribution in [1.82, 2.24) is 9.97 Å². The molecule has 6 heteroatoms. The van der Waals surface area contributed by atoms with Gasteiger partial charge in [-0.3, -0.25) is 4.98 Å². The van der Waals surface area contributed by atoms with Gasteiger partial charge in [0.15, 0.2) is 6.20 Å². The molecule has 18 heavy (non-hydrogen) atoms. The smallest absolute Gasteiger partial charge is 0.363 e. The van der Waals surface area contributed by atoms with Crippen LogP contribution in [-0.2, 0) is 6.54 Å². The Morgan fingerprint density at radius 2 is 2.17 bits per heavy atom. The van der Waals surface area contributed by atoms with Crippen molar-refractivity contribution >= 4 is 11.5 Å². The number of pyridine rings is 2. The van der Waals surface area contributed by atoms with Crippen LogP contribution in [0.5, 0.6) is 0 Å². The number of hydrogen-bond donors (Lipinski definition) is 1. The van der Waals surface area contributed by atoms with E-state index in [4.69, 9.17) is 0 Å².